The summed E-state index contributed by atoms with van der Waals surface area (Å²) in [5.74, 6) is 0.346. The van der Waals surface area contributed by atoms with Gasteiger partial charge in [0.15, 0.2) is 5.78 Å². The number of carbonyl (C=O) groups is 1. The number of hydrogen-bond acceptors (Lipinski definition) is 5. The van der Waals surface area contributed by atoms with Gasteiger partial charge in [0.05, 0.1) is 21.1 Å². The molecule has 2 N–H and O–H groups in total. The largest absolute Gasteiger partial charge is 0.385 e. The van der Waals surface area contributed by atoms with Crippen molar-refractivity contribution in [1.29, 1.82) is 4.78 Å². The van der Waals surface area contributed by atoms with Gasteiger partial charge in [0.2, 0.25) is 0 Å². The lowest BCUT2D eigenvalue weighted by Gasteiger charge is -2.27. The molecular weight excluding hydrogens is 414 g/mol. The van der Waals surface area contributed by atoms with Crippen LogP contribution in [0.25, 0.3) is 0 Å². The van der Waals surface area contributed by atoms with Crippen molar-refractivity contribution < 1.29 is 14.1 Å². The Morgan fingerprint density at radius 1 is 1.20 bits per heavy atom. The molecule has 4 rings (SSSR count). The fraction of sp³-hybridized carbons (Fsp3) is 0.542. The number of benzene rings is 1. The molecule has 6 heteroatoms. The van der Waals surface area contributed by atoms with Crippen molar-refractivity contribution in [2.45, 2.75) is 75.0 Å². The number of aliphatic hydroxyl groups is 1. The smallest absolute Gasteiger partial charge is 0.151 e. The van der Waals surface area contributed by atoms with Crippen LogP contribution in [0.4, 0.5) is 0 Å². The highest BCUT2D eigenvalue weighted by Crippen LogP contribution is 2.35. The van der Waals surface area contributed by atoms with E-state index in [4.69, 9.17) is 4.78 Å². The summed E-state index contributed by atoms with van der Waals surface area (Å²) in [5.41, 5.74) is 4.08. The second-order valence-electron chi connectivity index (χ2n) is 9.41. The average Bonchev–Trinajstić information content (AvgIpc) is 3.28. The molecule has 0 radical (unpaired) electrons. The molecule has 1 fully saturated rings. The highest BCUT2D eigenvalue weighted by molar-refractivity contribution is 7.95. The van der Waals surface area contributed by atoms with E-state index in [-0.39, 0.29) is 18.0 Å². The molecule has 0 bridgehead atoms. The van der Waals surface area contributed by atoms with Gasteiger partial charge in [-0.2, -0.15) is 0 Å². The Morgan fingerprint density at radius 3 is 2.60 bits per heavy atom. The van der Waals surface area contributed by atoms with Crippen LogP contribution >= 0.6 is 11.3 Å². The Labute approximate surface area is 183 Å². The van der Waals surface area contributed by atoms with E-state index >= 15 is 0 Å². The number of Topliss-reactive ketones (excluding diaryl/α,β-unsaturated/α-hetero) is 1. The van der Waals surface area contributed by atoms with Crippen molar-refractivity contribution in [3.8, 4) is 0 Å². The second-order valence-corrected chi connectivity index (χ2v) is 12.8. The lowest BCUT2D eigenvalue weighted by molar-refractivity contribution is -0.116. The van der Waals surface area contributed by atoms with Crippen molar-refractivity contribution in [1.82, 2.24) is 0 Å². The van der Waals surface area contributed by atoms with E-state index in [9.17, 15) is 14.1 Å². The van der Waals surface area contributed by atoms with E-state index in [0.717, 1.165) is 37.2 Å². The molecule has 0 spiro atoms. The minimum absolute atomic E-state index is 0.122. The normalized spacial score (nSPS) is 18.6. The van der Waals surface area contributed by atoms with E-state index in [0.29, 0.717) is 9.09 Å². The van der Waals surface area contributed by atoms with Crippen molar-refractivity contribution >= 4 is 26.8 Å². The number of carbonyl (C=O) groups excluding carboxylic acids is 1. The van der Waals surface area contributed by atoms with E-state index < -0.39 is 15.3 Å². The molecule has 1 atom stereocenters. The van der Waals surface area contributed by atoms with Gasteiger partial charge in [-0.15, -0.1) is 11.3 Å². The summed E-state index contributed by atoms with van der Waals surface area (Å²) in [6.45, 7) is 3.33. The Kier molecular flexibility index (Phi) is 5.94. The maximum Gasteiger partial charge on any atom is 0.151 e. The van der Waals surface area contributed by atoms with Gasteiger partial charge < -0.3 is 5.11 Å². The summed E-state index contributed by atoms with van der Waals surface area (Å²) in [6.07, 6.45) is 8.39. The maximum atomic E-state index is 13.1. The van der Waals surface area contributed by atoms with Crippen molar-refractivity contribution in [3.05, 3.63) is 51.4 Å². The summed E-state index contributed by atoms with van der Waals surface area (Å²) in [7, 11) is -3.20. The number of nitrogens with one attached hydrogen (secondary N) is 1. The monoisotopic (exact) mass is 445 g/mol. The quantitative estimate of drug-likeness (QED) is 0.598. The molecule has 1 aromatic carbocycles. The zero-order chi connectivity index (χ0) is 21.5. The first kappa shape index (κ1) is 21.7. The van der Waals surface area contributed by atoms with E-state index in [2.05, 4.69) is 12.1 Å². The Morgan fingerprint density at radius 2 is 1.97 bits per heavy atom. The van der Waals surface area contributed by atoms with Crippen LogP contribution in [0.3, 0.4) is 0 Å². The van der Waals surface area contributed by atoms with Crippen LogP contribution < -0.4 is 0 Å². The van der Waals surface area contributed by atoms with Crippen molar-refractivity contribution in [2.24, 2.45) is 5.92 Å². The first-order valence-electron chi connectivity index (χ1n) is 10.9. The summed E-state index contributed by atoms with van der Waals surface area (Å²) in [4.78, 5) is 13.6. The van der Waals surface area contributed by atoms with Crippen LogP contribution in [-0.2, 0) is 45.8 Å². The predicted octanol–water partition coefficient (Wildman–Crippen LogP) is 5.02. The number of fused-ring (bicyclic) bond motifs is 1. The van der Waals surface area contributed by atoms with E-state index in [1.807, 2.05) is 0 Å². The number of aryl methyl sites for hydroxylation is 1. The molecule has 30 heavy (non-hydrogen) atoms. The van der Waals surface area contributed by atoms with Gasteiger partial charge in [-0.25, -0.2) is 8.99 Å². The zero-order valence-electron chi connectivity index (χ0n) is 17.8. The van der Waals surface area contributed by atoms with E-state index in [1.54, 1.807) is 26.0 Å². The predicted molar refractivity (Wildman–Crippen MR) is 122 cm³/mol. The third kappa shape index (κ3) is 4.56. The Hall–Kier alpha value is -1.50. The number of ketones is 1. The molecule has 2 aliphatic rings. The molecule has 162 valence electrons. The summed E-state index contributed by atoms with van der Waals surface area (Å²) in [5, 5.41) is 10.2. The molecule has 0 unspecified atom stereocenters. The van der Waals surface area contributed by atoms with Crippen LogP contribution in [0, 0.1) is 10.7 Å². The van der Waals surface area contributed by atoms with Crippen molar-refractivity contribution in [2.75, 3.05) is 5.75 Å². The Bertz CT molecular complexity index is 1060. The van der Waals surface area contributed by atoms with Gasteiger partial charge in [0.25, 0.3) is 0 Å². The van der Waals surface area contributed by atoms with Crippen LogP contribution in [0.5, 0.6) is 0 Å². The molecule has 4 nitrogen and oxygen atoms in total. The first-order chi connectivity index (χ1) is 14.1. The average molecular weight is 446 g/mol. The number of hydrogen-bond donors (Lipinski definition) is 2. The third-order valence-corrected chi connectivity index (χ3v) is 10.2. The first-order valence-corrected chi connectivity index (χ1v) is 13.4. The molecule has 1 aromatic heterocycles. The van der Waals surface area contributed by atoms with Gasteiger partial charge in [-0.05, 0) is 79.8 Å². The van der Waals surface area contributed by atoms with Gasteiger partial charge >= 0.3 is 0 Å². The molecule has 1 saturated carbocycles. The number of thiophene rings is 1. The Balaban J connectivity index is 1.53. The lowest BCUT2D eigenvalue weighted by Crippen LogP contribution is -2.20. The summed E-state index contributed by atoms with van der Waals surface area (Å²) in [6, 6.07) is 7.78. The summed E-state index contributed by atoms with van der Waals surface area (Å²) < 4.78 is 21.8. The van der Waals surface area contributed by atoms with Crippen LogP contribution in [-0.4, -0.2) is 20.9 Å². The van der Waals surface area contributed by atoms with Crippen LogP contribution in [0.1, 0.15) is 66.7 Å². The van der Waals surface area contributed by atoms with Gasteiger partial charge in [0, 0.05) is 11.3 Å². The lowest BCUT2D eigenvalue weighted by atomic mass is 9.79. The molecular formula is C24H31NO3S2. The van der Waals surface area contributed by atoms with Crippen LogP contribution in [0.2, 0.25) is 0 Å². The molecule has 0 amide bonds. The summed E-state index contributed by atoms with van der Waals surface area (Å²) >= 11 is 1.17. The molecule has 0 aliphatic heterocycles. The molecule has 0 saturated heterocycles. The SMILES string of the molecule is CC(C)(O)c1ccc([S@@](=N)(=O)CC(=O)Cc2c(CC3CCC3)ccc3c2CCC3)s1. The maximum absolute atomic E-state index is 13.1. The zero-order valence-corrected chi connectivity index (χ0v) is 19.5. The number of rotatable bonds is 8. The minimum atomic E-state index is -3.20. The van der Waals surface area contributed by atoms with Crippen molar-refractivity contribution in [3.63, 3.8) is 0 Å². The highest BCUT2D eigenvalue weighted by atomic mass is 32.2. The van der Waals surface area contributed by atoms with Gasteiger partial charge in [-0.3, -0.25) is 4.79 Å². The second kappa shape index (κ2) is 8.21. The fourth-order valence-corrected chi connectivity index (χ4v) is 7.29. The molecule has 1 heterocycles. The van der Waals surface area contributed by atoms with Gasteiger partial charge in [0.1, 0.15) is 4.21 Å². The van der Waals surface area contributed by atoms with E-state index in [1.165, 1.54) is 47.3 Å². The molecule has 2 aromatic rings. The van der Waals surface area contributed by atoms with Crippen LogP contribution in [0.15, 0.2) is 28.5 Å². The minimum Gasteiger partial charge on any atom is -0.385 e. The standard InChI is InChI=1S/C24H31NO3S2/c1-24(2,27)22-11-12-23(29-22)30(25,28)15-19(26)14-21-18(13-16-5-3-6-16)10-9-17-7-4-8-20(17)21/h9-12,16,25,27H,3-8,13-15H2,1-2H3/t30-/m0/s1. The third-order valence-electron chi connectivity index (χ3n) is 6.48. The fourth-order valence-electron chi connectivity index (χ4n) is 4.58. The topological polar surface area (TPSA) is 78.2 Å². The highest BCUT2D eigenvalue weighted by Gasteiger charge is 2.26. The van der Waals surface area contributed by atoms with Gasteiger partial charge in [-0.1, -0.05) is 31.4 Å². The molecule has 2 aliphatic carbocycles.